The Bertz CT molecular complexity index is 532. The number of aliphatic carboxylic acids is 2. The van der Waals surface area contributed by atoms with Crippen molar-refractivity contribution < 1.29 is 33.7 Å². The lowest BCUT2D eigenvalue weighted by Gasteiger charge is -2.11. The van der Waals surface area contributed by atoms with Gasteiger partial charge in [0, 0.05) is 11.6 Å². The Morgan fingerprint density at radius 3 is 2.45 bits per heavy atom. The Hall–Kier alpha value is -2.06. The second kappa shape index (κ2) is 8.40. The fraction of sp³-hybridized carbons (Fsp3) is 0.429. The summed E-state index contributed by atoms with van der Waals surface area (Å²) in [5.41, 5.74) is 0.456. The van der Waals surface area contributed by atoms with Gasteiger partial charge in [-0.1, -0.05) is 0 Å². The summed E-state index contributed by atoms with van der Waals surface area (Å²) in [7, 11) is 0. The zero-order valence-corrected chi connectivity index (χ0v) is 11.6. The Morgan fingerprint density at radius 2 is 2.00 bits per heavy atom. The van der Waals surface area contributed by atoms with E-state index in [-0.39, 0.29) is 17.7 Å². The van der Waals surface area contributed by atoms with E-state index in [1.54, 1.807) is 0 Å². The molecule has 6 nitrogen and oxygen atoms in total. The van der Waals surface area contributed by atoms with Crippen LogP contribution in [0, 0.1) is 11.6 Å². The monoisotopic (exact) mass is 317 g/mol. The Morgan fingerprint density at radius 1 is 1.32 bits per heavy atom. The van der Waals surface area contributed by atoms with E-state index in [1.807, 2.05) is 0 Å². The van der Waals surface area contributed by atoms with Crippen LogP contribution in [-0.4, -0.2) is 39.9 Å². The van der Waals surface area contributed by atoms with Gasteiger partial charge in [0.15, 0.2) is 6.10 Å². The number of nitrogens with one attached hydrogen (secondary N) is 1. The lowest BCUT2D eigenvalue weighted by atomic mass is 10.0. The standard InChI is InChI=1S/C10H11F2N.C4H6O5/c11-7-3-4-9(12)8(6-7)10-2-1-5-13-10;5-2(4(8)9)1-3(6)7/h3-4,6,10,13H,1-2,5H2;2,5H,1H2,(H,6,7)(H,8,9). The number of benzene rings is 1. The molecule has 0 aliphatic carbocycles. The van der Waals surface area contributed by atoms with Crippen LogP contribution in [-0.2, 0) is 9.59 Å². The highest BCUT2D eigenvalue weighted by Crippen LogP contribution is 2.25. The second-order valence-corrected chi connectivity index (χ2v) is 4.77. The van der Waals surface area contributed by atoms with Crippen molar-refractivity contribution >= 4 is 11.9 Å². The van der Waals surface area contributed by atoms with Gasteiger partial charge in [0.1, 0.15) is 11.6 Å². The minimum absolute atomic E-state index is 0.00398. The minimum atomic E-state index is -1.79. The van der Waals surface area contributed by atoms with Crippen LogP contribution < -0.4 is 5.32 Å². The van der Waals surface area contributed by atoms with Gasteiger partial charge in [-0.25, -0.2) is 13.6 Å². The molecular formula is C14H17F2NO5. The normalized spacial score (nSPS) is 18.2. The van der Waals surface area contributed by atoms with Crippen molar-refractivity contribution in [2.45, 2.75) is 31.4 Å². The first kappa shape index (κ1) is 18.0. The summed E-state index contributed by atoms with van der Waals surface area (Å²) in [4.78, 5) is 19.4. The van der Waals surface area contributed by atoms with Gasteiger partial charge in [-0.05, 0) is 37.6 Å². The molecule has 1 aromatic rings. The van der Waals surface area contributed by atoms with Gasteiger partial charge in [-0.15, -0.1) is 0 Å². The highest BCUT2D eigenvalue weighted by atomic mass is 19.1. The average molecular weight is 317 g/mol. The maximum Gasteiger partial charge on any atom is 0.333 e. The molecule has 1 aromatic carbocycles. The minimum Gasteiger partial charge on any atom is -0.481 e. The van der Waals surface area contributed by atoms with E-state index >= 15 is 0 Å². The fourth-order valence-electron chi connectivity index (χ4n) is 1.98. The molecule has 2 unspecified atom stereocenters. The second-order valence-electron chi connectivity index (χ2n) is 4.77. The third kappa shape index (κ3) is 5.74. The smallest absolute Gasteiger partial charge is 0.333 e. The summed E-state index contributed by atoms with van der Waals surface area (Å²) in [5.74, 6) is -3.53. The van der Waals surface area contributed by atoms with Gasteiger partial charge >= 0.3 is 11.9 Å². The molecular weight excluding hydrogens is 300 g/mol. The van der Waals surface area contributed by atoms with E-state index in [0.717, 1.165) is 25.5 Å². The first-order chi connectivity index (χ1) is 10.3. The molecule has 0 aromatic heterocycles. The van der Waals surface area contributed by atoms with Crippen LogP contribution in [0.2, 0.25) is 0 Å². The summed E-state index contributed by atoms with van der Waals surface area (Å²) in [6, 6.07) is 3.60. The van der Waals surface area contributed by atoms with Crippen molar-refractivity contribution in [3.63, 3.8) is 0 Å². The van der Waals surface area contributed by atoms with Crippen LogP contribution >= 0.6 is 0 Å². The van der Waals surface area contributed by atoms with Crippen molar-refractivity contribution in [2.24, 2.45) is 0 Å². The van der Waals surface area contributed by atoms with Gasteiger partial charge in [-0.3, -0.25) is 4.79 Å². The SMILES string of the molecule is Fc1ccc(F)c(C2CCCN2)c1.O=C(O)CC(O)C(=O)O. The number of carboxylic acid groups (broad SMARTS) is 2. The van der Waals surface area contributed by atoms with Crippen LogP contribution in [0.4, 0.5) is 8.78 Å². The Kier molecular flexibility index (Phi) is 6.87. The number of hydrogen-bond donors (Lipinski definition) is 4. The largest absolute Gasteiger partial charge is 0.481 e. The molecule has 22 heavy (non-hydrogen) atoms. The summed E-state index contributed by atoms with van der Waals surface area (Å²) < 4.78 is 26.0. The Labute approximate surface area is 125 Å². The van der Waals surface area contributed by atoms with Crippen molar-refractivity contribution in [3.05, 3.63) is 35.4 Å². The lowest BCUT2D eigenvalue weighted by molar-refractivity contribution is -0.152. The van der Waals surface area contributed by atoms with Crippen molar-refractivity contribution in [2.75, 3.05) is 6.54 Å². The number of carboxylic acids is 2. The highest BCUT2D eigenvalue weighted by molar-refractivity contribution is 5.79. The number of carbonyl (C=O) groups is 2. The van der Waals surface area contributed by atoms with Crippen LogP contribution in [0.25, 0.3) is 0 Å². The number of aliphatic hydroxyl groups is 1. The van der Waals surface area contributed by atoms with E-state index in [2.05, 4.69) is 5.32 Å². The maximum absolute atomic E-state index is 13.2. The summed E-state index contributed by atoms with van der Waals surface area (Å²) in [6.07, 6.45) is -0.626. The molecule has 0 spiro atoms. The molecule has 8 heteroatoms. The van der Waals surface area contributed by atoms with E-state index in [4.69, 9.17) is 15.3 Å². The van der Waals surface area contributed by atoms with Crippen LogP contribution in [0.5, 0.6) is 0 Å². The maximum atomic E-state index is 13.2. The van der Waals surface area contributed by atoms with Gasteiger partial charge in [-0.2, -0.15) is 0 Å². The molecule has 0 amide bonds. The molecule has 1 saturated heterocycles. The number of hydrogen-bond acceptors (Lipinski definition) is 4. The van der Waals surface area contributed by atoms with E-state index in [9.17, 15) is 18.4 Å². The van der Waals surface area contributed by atoms with Crippen LogP contribution in [0.15, 0.2) is 18.2 Å². The Balaban J connectivity index is 0.000000239. The molecule has 4 N–H and O–H groups in total. The molecule has 122 valence electrons. The highest BCUT2D eigenvalue weighted by Gasteiger charge is 2.19. The number of aliphatic hydroxyl groups excluding tert-OH is 1. The van der Waals surface area contributed by atoms with Gasteiger partial charge < -0.3 is 20.6 Å². The molecule has 0 radical (unpaired) electrons. The molecule has 0 saturated carbocycles. The van der Waals surface area contributed by atoms with Gasteiger partial charge in [0.2, 0.25) is 0 Å². The summed E-state index contributed by atoms with van der Waals surface area (Å²) in [5, 5.41) is 27.3. The predicted octanol–water partition coefficient (Wildman–Crippen LogP) is 1.30. The zero-order chi connectivity index (χ0) is 16.7. The molecule has 1 aliphatic heterocycles. The molecule has 1 heterocycles. The topological polar surface area (TPSA) is 107 Å². The van der Waals surface area contributed by atoms with Crippen LogP contribution in [0.1, 0.15) is 30.9 Å². The molecule has 1 aliphatic rings. The first-order valence-electron chi connectivity index (χ1n) is 6.62. The van der Waals surface area contributed by atoms with E-state index < -0.39 is 24.5 Å². The third-order valence-electron chi connectivity index (χ3n) is 3.05. The van der Waals surface area contributed by atoms with Crippen molar-refractivity contribution in [1.82, 2.24) is 5.32 Å². The van der Waals surface area contributed by atoms with Crippen LogP contribution in [0.3, 0.4) is 0 Å². The quantitative estimate of drug-likeness (QED) is 0.667. The van der Waals surface area contributed by atoms with Crippen molar-refractivity contribution in [3.8, 4) is 0 Å². The lowest BCUT2D eigenvalue weighted by Crippen LogP contribution is -2.22. The van der Waals surface area contributed by atoms with E-state index in [0.29, 0.717) is 5.56 Å². The zero-order valence-electron chi connectivity index (χ0n) is 11.6. The fourth-order valence-corrected chi connectivity index (χ4v) is 1.98. The van der Waals surface area contributed by atoms with E-state index in [1.165, 1.54) is 12.1 Å². The molecule has 2 rings (SSSR count). The summed E-state index contributed by atoms with van der Waals surface area (Å²) in [6.45, 7) is 0.890. The molecule has 1 fully saturated rings. The van der Waals surface area contributed by atoms with Crippen molar-refractivity contribution in [1.29, 1.82) is 0 Å². The van der Waals surface area contributed by atoms with Gasteiger partial charge in [0.05, 0.1) is 6.42 Å². The predicted molar refractivity (Wildman–Crippen MR) is 72.2 cm³/mol. The molecule has 0 bridgehead atoms. The third-order valence-corrected chi connectivity index (χ3v) is 3.05. The number of halogens is 2. The number of rotatable bonds is 4. The van der Waals surface area contributed by atoms with Gasteiger partial charge in [0.25, 0.3) is 0 Å². The molecule has 2 atom stereocenters. The first-order valence-corrected chi connectivity index (χ1v) is 6.62. The summed E-state index contributed by atoms with van der Waals surface area (Å²) >= 11 is 0. The average Bonchev–Trinajstić information content (AvgIpc) is 2.95.